The lowest BCUT2D eigenvalue weighted by atomic mass is 9.78. The van der Waals surface area contributed by atoms with Crippen LogP contribution in [0.25, 0.3) is 0 Å². The normalized spacial score (nSPS) is 21.7. The second-order valence-electron chi connectivity index (χ2n) is 11.2. The van der Waals surface area contributed by atoms with Crippen LogP contribution in [0, 0.1) is 5.92 Å². The van der Waals surface area contributed by atoms with E-state index >= 15 is 0 Å². The molecule has 0 spiro atoms. The lowest BCUT2D eigenvalue weighted by molar-refractivity contribution is 0.0527. The van der Waals surface area contributed by atoms with Gasteiger partial charge in [-0.15, -0.1) is 0 Å². The zero-order valence-corrected chi connectivity index (χ0v) is 26.1. The number of carbonyl (C=O) groups is 1. The van der Waals surface area contributed by atoms with Crippen molar-refractivity contribution in [2.75, 3.05) is 36.0 Å². The van der Waals surface area contributed by atoms with Crippen LogP contribution in [0.3, 0.4) is 0 Å². The molecule has 9 heteroatoms. The molecular formula is C32H40N4O3S2. The Morgan fingerprint density at radius 1 is 0.951 bits per heavy atom. The van der Waals surface area contributed by atoms with Crippen LogP contribution in [-0.4, -0.2) is 49.1 Å². The summed E-state index contributed by atoms with van der Waals surface area (Å²) in [5.74, 6) is -0.143. The van der Waals surface area contributed by atoms with Crippen LogP contribution in [0.15, 0.2) is 91.8 Å². The van der Waals surface area contributed by atoms with Crippen LogP contribution < -0.4 is 20.4 Å². The van der Waals surface area contributed by atoms with Gasteiger partial charge in [-0.25, -0.2) is 4.79 Å². The molecule has 2 atom stereocenters. The van der Waals surface area contributed by atoms with Crippen molar-refractivity contribution in [1.82, 2.24) is 10.6 Å². The van der Waals surface area contributed by atoms with Crippen LogP contribution >= 0.6 is 23.5 Å². The first-order valence-electron chi connectivity index (χ1n) is 14.4. The molecule has 1 aliphatic carbocycles. The van der Waals surface area contributed by atoms with Gasteiger partial charge in [0.2, 0.25) is 0 Å². The maximum Gasteiger partial charge on any atom is 0.407 e. The van der Waals surface area contributed by atoms with E-state index in [9.17, 15) is 9.90 Å². The summed E-state index contributed by atoms with van der Waals surface area (Å²) in [6.45, 7) is 12.8. The van der Waals surface area contributed by atoms with Crippen LogP contribution in [0.5, 0.6) is 0 Å². The molecular weight excluding hydrogens is 553 g/mol. The van der Waals surface area contributed by atoms with Crippen LogP contribution in [0.4, 0.5) is 16.2 Å². The van der Waals surface area contributed by atoms with Crippen molar-refractivity contribution in [3.8, 4) is 0 Å². The fraction of sp³-hybridized carbons (Fsp3) is 0.406. The lowest BCUT2D eigenvalue weighted by Crippen LogP contribution is -2.42. The molecule has 0 radical (unpaired) electrons. The Morgan fingerprint density at radius 3 is 2.15 bits per heavy atom. The smallest absolute Gasteiger partial charge is 0.407 e. The highest BCUT2D eigenvalue weighted by Gasteiger charge is 2.39. The van der Waals surface area contributed by atoms with E-state index in [1.807, 2.05) is 20.8 Å². The average Bonchev–Trinajstić information content (AvgIpc) is 3.48. The molecule has 0 aromatic heterocycles. The van der Waals surface area contributed by atoms with Gasteiger partial charge in [-0.1, -0.05) is 47.8 Å². The van der Waals surface area contributed by atoms with E-state index in [1.165, 1.54) is 21.2 Å². The number of thioether (sulfide) groups is 2. The van der Waals surface area contributed by atoms with Crippen LogP contribution in [0.1, 0.15) is 41.0 Å². The molecule has 218 valence electrons. The number of alkyl carbamates (subject to hydrolysis) is 1. The van der Waals surface area contributed by atoms with Crippen molar-refractivity contribution in [2.24, 2.45) is 5.92 Å². The number of ether oxygens (including phenoxy) is 1. The number of nitrogens with zero attached hydrogens (tertiary/aromatic N) is 2. The quantitative estimate of drug-likeness (QED) is 0.278. The predicted octanol–water partition coefficient (Wildman–Crippen LogP) is 6.68. The minimum absolute atomic E-state index is 0.143. The van der Waals surface area contributed by atoms with Gasteiger partial charge in [-0.3, -0.25) is 0 Å². The Kier molecular flexibility index (Phi) is 8.97. The van der Waals surface area contributed by atoms with E-state index in [-0.39, 0.29) is 5.92 Å². The first-order chi connectivity index (χ1) is 19.7. The van der Waals surface area contributed by atoms with Gasteiger partial charge in [0, 0.05) is 47.2 Å². The van der Waals surface area contributed by atoms with Crippen LogP contribution in [-0.2, 0) is 4.74 Å². The van der Waals surface area contributed by atoms with Gasteiger partial charge >= 0.3 is 6.09 Å². The molecule has 3 N–H and O–H groups in total. The third-order valence-electron chi connectivity index (χ3n) is 7.15. The number of benzene rings is 2. The number of fused-ring (bicyclic) bond motifs is 2. The van der Waals surface area contributed by atoms with Gasteiger partial charge in [0.05, 0.1) is 33.5 Å². The summed E-state index contributed by atoms with van der Waals surface area (Å²) in [6, 6.07) is 16.9. The van der Waals surface area contributed by atoms with Gasteiger partial charge in [0.1, 0.15) is 5.60 Å². The van der Waals surface area contributed by atoms with Crippen molar-refractivity contribution in [3.63, 3.8) is 0 Å². The van der Waals surface area contributed by atoms with E-state index in [1.54, 1.807) is 23.5 Å². The predicted molar refractivity (Wildman–Crippen MR) is 170 cm³/mol. The molecule has 2 unspecified atom stereocenters. The Bertz CT molecular complexity index is 1380. The number of nitrogens with one attached hydrogen (secondary N) is 2. The maximum absolute atomic E-state index is 12.0. The Hall–Kier alpha value is -3.01. The first-order valence-corrected chi connectivity index (χ1v) is 16.0. The third kappa shape index (κ3) is 6.42. The largest absolute Gasteiger partial charge is 0.444 e. The number of anilines is 2. The molecule has 41 heavy (non-hydrogen) atoms. The number of para-hydroxylation sites is 2. The molecule has 2 aromatic rings. The molecule has 5 rings (SSSR count). The second kappa shape index (κ2) is 12.5. The molecule has 2 aromatic carbocycles. The minimum Gasteiger partial charge on any atom is -0.444 e. The number of hydrogen-bond donors (Lipinski definition) is 3. The SMILES string of the molecule is CCN1/C(=C/C2=C(NCCCNC(=O)OC(C)(C)C)C(/C=C3\Sc4ccccc4N3CC)C2O)Sc2ccccc21. The van der Waals surface area contributed by atoms with Crippen LogP contribution in [0.2, 0.25) is 0 Å². The number of aliphatic hydroxyl groups excluding tert-OH is 1. The van der Waals surface area contributed by atoms with Crippen molar-refractivity contribution >= 4 is 41.0 Å². The first kappa shape index (κ1) is 29.5. The highest BCUT2D eigenvalue weighted by atomic mass is 32.2. The van der Waals surface area contributed by atoms with E-state index in [0.717, 1.165) is 40.8 Å². The van der Waals surface area contributed by atoms with E-state index < -0.39 is 17.8 Å². The Morgan fingerprint density at radius 2 is 1.54 bits per heavy atom. The lowest BCUT2D eigenvalue weighted by Gasteiger charge is -2.38. The fourth-order valence-electron chi connectivity index (χ4n) is 5.26. The molecule has 3 aliphatic rings. The van der Waals surface area contributed by atoms with Gasteiger partial charge in [-0.2, -0.15) is 0 Å². The van der Waals surface area contributed by atoms with Gasteiger partial charge in [0.15, 0.2) is 0 Å². The summed E-state index contributed by atoms with van der Waals surface area (Å²) in [4.78, 5) is 19.1. The molecule has 7 nitrogen and oxygen atoms in total. The molecule has 2 heterocycles. The number of hydrogen-bond acceptors (Lipinski definition) is 8. The van der Waals surface area contributed by atoms with E-state index in [0.29, 0.717) is 13.1 Å². The maximum atomic E-state index is 12.0. The summed E-state index contributed by atoms with van der Waals surface area (Å²) < 4.78 is 5.35. The van der Waals surface area contributed by atoms with Gasteiger partial charge < -0.3 is 30.3 Å². The van der Waals surface area contributed by atoms with E-state index in [2.05, 4.69) is 95.0 Å². The van der Waals surface area contributed by atoms with Gasteiger partial charge in [-0.05, 0) is 77.5 Å². The summed E-state index contributed by atoms with van der Waals surface area (Å²) in [5.41, 5.74) is 3.86. The average molecular weight is 593 g/mol. The highest BCUT2D eigenvalue weighted by molar-refractivity contribution is 8.04. The molecule has 0 saturated carbocycles. The number of aliphatic hydroxyl groups is 1. The fourth-order valence-corrected chi connectivity index (χ4v) is 7.64. The van der Waals surface area contributed by atoms with Crippen molar-refractivity contribution in [3.05, 3.63) is 82.0 Å². The zero-order valence-electron chi connectivity index (χ0n) is 24.4. The van der Waals surface area contributed by atoms with Crippen molar-refractivity contribution < 1.29 is 14.6 Å². The molecule has 0 bridgehead atoms. The summed E-state index contributed by atoms with van der Waals surface area (Å²) in [6.07, 6.45) is 4.07. The highest BCUT2D eigenvalue weighted by Crippen LogP contribution is 2.50. The number of rotatable bonds is 9. The number of carbonyl (C=O) groups excluding carboxylic acids is 1. The van der Waals surface area contributed by atoms with Crippen molar-refractivity contribution in [2.45, 2.75) is 62.5 Å². The standard InChI is InChI=1S/C32H40N4O3S2/c1-6-35-23-13-8-10-15-25(23)40-27(35)19-21-29(33-17-12-18-34-31(38)39-32(3,4)5)22(30(21)37)20-28-36(7-2)24-14-9-11-16-26(24)41-28/h8-11,13-16,19-21,30,33,37H,6-7,12,17-18H2,1-5H3,(H,34,38)/b27-19-,28-20-. The topological polar surface area (TPSA) is 77.1 Å². The summed E-state index contributed by atoms with van der Waals surface area (Å²) in [7, 11) is 0. The van der Waals surface area contributed by atoms with Gasteiger partial charge in [0.25, 0.3) is 0 Å². The molecule has 0 fully saturated rings. The second-order valence-corrected chi connectivity index (χ2v) is 13.3. The molecule has 2 aliphatic heterocycles. The van der Waals surface area contributed by atoms with Crippen molar-refractivity contribution in [1.29, 1.82) is 0 Å². The summed E-state index contributed by atoms with van der Waals surface area (Å²) in [5, 5.41) is 20.2. The monoisotopic (exact) mass is 592 g/mol. The van der Waals surface area contributed by atoms with E-state index in [4.69, 9.17) is 4.74 Å². The summed E-state index contributed by atoms with van der Waals surface area (Å²) >= 11 is 3.50. The molecule has 1 amide bonds. The molecule has 0 saturated heterocycles. The third-order valence-corrected chi connectivity index (χ3v) is 9.39. The Labute approximate surface area is 252 Å². The minimum atomic E-state index is -0.608. The number of amides is 1. The Balaban J connectivity index is 1.36. The zero-order chi connectivity index (χ0) is 29.1.